The van der Waals surface area contributed by atoms with Gasteiger partial charge in [-0.15, -0.1) is 0 Å². The molecule has 1 rings (SSSR count). The van der Waals surface area contributed by atoms with Crippen LogP contribution in [0.2, 0.25) is 0 Å². The SMILES string of the molecule is COCC(O)CNS(=O)(=O)c1c(N)ccc(C)c1C. The lowest BCUT2D eigenvalue weighted by atomic mass is 10.1. The topological polar surface area (TPSA) is 102 Å². The number of benzene rings is 1. The van der Waals surface area contributed by atoms with E-state index in [2.05, 4.69) is 4.72 Å². The van der Waals surface area contributed by atoms with E-state index in [9.17, 15) is 13.5 Å². The predicted octanol–water partition coefficient (Wildman–Crippen LogP) is 0.171. The molecule has 0 radical (unpaired) electrons. The molecule has 0 amide bonds. The van der Waals surface area contributed by atoms with Crippen molar-refractivity contribution in [1.82, 2.24) is 4.72 Å². The van der Waals surface area contributed by atoms with Crippen molar-refractivity contribution in [1.29, 1.82) is 0 Å². The third-order valence-electron chi connectivity index (χ3n) is 2.84. The van der Waals surface area contributed by atoms with E-state index in [0.29, 0.717) is 5.56 Å². The highest BCUT2D eigenvalue weighted by Gasteiger charge is 2.21. The second kappa shape index (κ2) is 6.33. The quantitative estimate of drug-likeness (QED) is 0.648. The van der Waals surface area contributed by atoms with Crippen molar-refractivity contribution in [2.24, 2.45) is 0 Å². The summed E-state index contributed by atoms with van der Waals surface area (Å²) in [6.45, 7) is 3.45. The van der Waals surface area contributed by atoms with Crippen molar-refractivity contribution in [3.05, 3.63) is 23.3 Å². The summed E-state index contributed by atoms with van der Waals surface area (Å²) in [5.74, 6) is 0. The van der Waals surface area contributed by atoms with Gasteiger partial charge >= 0.3 is 0 Å². The normalized spacial score (nSPS) is 13.5. The number of ether oxygens (including phenoxy) is 1. The van der Waals surface area contributed by atoms with E-state index in [1.54, 1.807) is 19.1 Å². The zero-order chi connectivity index (χ0) is 14.6. The Labute approximate surface area is 113 Å². The highest BCUT2D eigenvalue weighted by molar-refractivity contribution is 7.89. The number of sulfonamides is 1. The monoisotopic (exact) mass is 288 g/mol. The lowest BCUT2D eigenvalue weighted by molar-refractivity contribution is 0.0679. The fraction of sp³-hybridized carbons (Fsp3) is 0.500. The molecular weight excluding hydrogens is 268 g/mol. The van der Waals surface area contributed by atoms with Crippen molar-refractivity contribution in [2.45, 2.75) is 24.8 Å². The summed E-state index contributed by atoms with van der Waals surface area (Å²) in [6, 6.07) is 3.33. The van der Waals surface area contributed by atoms with Crippen LogP contribution in [0.4, 0.5) is 5.69 Å². The lowest BCUT2D eigenvalue weighted by Crippen LogP contribution is -2.35. The third-order valence-corrected chi connectivity index (χ3v) is 4.47. The predicted molar refractivity (Wildman–Crippen MR) is 73.4 cm³/mol. The van der Waals surface area contributed by atoms with Gasteiger partial charge in [0, 0.05) is 13.7 Å². The Morgan fingerprint density at radius 2 is 2.05 bits per heavy atom. The van der Waals surface area contributed by atoms with Crippen LogP contribution in [-0.4, -0.2) is 39.9 Å². The first-order valence-electron chi connectivity index (χ1n) is 5.82. The zero-order valence-corrected chi connectivity index (χ0v) is 12.1. The van der Waals surface area contributed by atoms with Gasteiger partial charge in [-0.3, -0.25) is 0 Å². The molecule has 0 saturated heterocycles. The zero-order valence-electron chi connectivity index (χ0n) is 11.3. The van der Waals surface area contributed by atoms with Crippen molar-refractivity contribution < 1.29 is 18.3 Å². The van der Waals surface area contributed by atoms with Gasteiger partial charge in [-0.2, -0.15) is 0 Å². The number of aliphatic hydroxyl groups excluding tert-OH is 1. The molecule has 0 fully saturated rings. The Hall–Kier alpha value is -1.15. The highest BCUT2D eigenvalue weighted by Crippen LogP contribution is 2.24. The van der Waals surface area contributed by atoms with Gasteiger partial charge in [0.15, 0.2) is 0 Å². The van der Waals surface area contributed by atoms with E-state index in [0.717, 1.165) is 5.56 Å². The Kier molecular flexibility index (Phi) is 5.30. The Morgan fingerprint density at radius 1 is 1.42 bits per heavy atom. The second-order valence-corrected chi connectivity index (χ2v) is 6.09. The maximum absolute atomic E-state index is 12.2. The molecule has 0 spiro atoms. The average Bonchev–Trinajstić information content (AvgIpc) is 2.32. The van der Waals surface area contributed by atoms with Crippen LogP contribution in [0.1, 0.15) is 11.1 Å². The number of nitrogen functional groups attached to an aromatic ring is 1. The molecular formula is C12H20N2O4S. The summed E-state index contributed by atoms with van der Waals surface area (Å²) in [5, 5.41) is 9.47. The lowest BCUT2D eigenvalue weighted by Gasteiger charge is -2.15. The third kappa shape index (κ3) is 3.90. The van der Waals surface area contributed by atoms with E-state index in [1.165, 1.54) is 7.11 Å². The van der Waals surface area contributed by atoms with Crippen LogP contribution >= 0.6 is 0 Å². The largest absolute Gasteiger partial charge is 0.398 e. The first-order valence-corrected chi connectivity index (χ1v) is 7.30. The molecule has 1 unspecified atom stereocenters. The van der Waals surface area contributed by atoms with Gasteiger partial charge in [0.25, 0.3) is 0 Å². The minimum atomic E-state index is -3.75. The number of hydrogen-bond acceptors (Lipinski definition) is 5. The molecule has 0 saturated carbocycles. The van der Waals surface area contributed by atoms with Gasteiger partial charge in [0.1, 0.15) is 4.90 Å². The minimum Gasteiger partial charge on any atom is -0.398 e. The highest BCUT2D eigenvalue weighted by atomic mass is 32.2. The van der Waals surface area contributed by atoms with Crippen LogP contribution in [0.3, 0.4) is 0 Å². The fourth-order valence-electron chi connectivity index (χ4n) is 1.70. The Morgan fingerprint density at radius 3 is 2.63 bits per heavy atom. The number of anilines is 1. The number of nitrogens with one attached hydrogen (secondary N) is 1. The number of hydrogen-bond donors (Lipinski definition) is 3. The molecule has 7 heteroatoms. The molecule has 0 bridgehead atoms. The summed E-state index contributed by atoms with van der Waals surface area (Å²) in [6.07, 6.45) is -0.897. The Bertz CT molecular complexity index is 543. The van der Waals surface area contributed by atoms with Crippen LogP contribution in [0.25, 0.3) is 0 Å². The van der Waals surface area contributed by atoms with E-state index >= 15 is 0 Å². The molecule has 0 aliphatic heterocycles. The first-order chi connectivity index (χ1) is 8.79. The average molecular weight is 288 g/mol. The fourth-order valence-corrected chi connectivity index (χ4v) is 3.20. The summed E-state index contributed by atoms with van der Waals surface area (Å²) in [7, 11) is -2.32. The number of aryl methyl sites for hydroxylation is 1. The molecule has 19 heavy (non-hydrogen) atoms. The minimum absolute atomic E-state index is 0.0603. The Balaban J connectivity index is 2.98. The molecule has 0 heterocycles. The molecule has 1 aromatic rings. The maximum Gasteiger partial charge on any atom is 0.242 e. The summed E-state index contributed by atoms with van der Waals surface area (Å²) in [5.41, 5.74) is 7.37. The van der Waals surface area contributed by atoms with Crippen LogP contribution < -0.4 is 10.5 Å². The molecule has 108 valence electrons. The molecule has 1 aromatic carbocycles. The van der Waals surface area contributed by atoms with E-state index in [1.807, 2.05) is 6.92 Å². The van der Waals surface area contributed by atoms with Crippen molar-refractivity contribution >= 4 is 15.7 Å². The van der Waals surface area contributed by atoms with Crippen molar-refractivity contribution in [3.63, 3.8) is 0 Å². The standard InChI is InChI=1S/C12H20N2O4S/c1-8-4-5-11(13)12(9(8)2)19(16,17)14-6-10(15)7-18-3/h4-5,10,14-15H,6-7,13H2,1-3H3. The summed E-state index contributed by atoms with van der Waals surface area (Å²) < 4.78 is 31.4. The van der Waals surface area contributed by atoms with Gasteiger partial charge in [-0.1, -0.05) is 6.07 Å². The molecule has 0 aliphatic rings. The molecule has 4 N–H and O–H groups in total. The second-order valence-electron chi connectivity index (χ2n) is 4.39. The van der Waals surface area contributed by atoms with Gasteiger partial charge in [0.05, 0.1) is 18.4 Å². The molecule has 6 nitrogen and oxygen atoms in total. The summed E-state index contributed by atoms with van der Waals surface area (Å²) >= 11 is 0. The maximum atomic E-state index is 12.2. The number of methoxy groups -OCH3 is 1. The number of rotatable bonds is 6. The smallest absolute Gasteiger partial charge is 0.242 e. The van der Waals surface area contributed by atoms with Crippen molar-refractivity contribution in [3.8, 4) is 0 Å². The molecule has 1 atom stereocenters. The van der Waals surface area contributed by atoms with E-state index < -0.39 is 16.1 Å². The summed E-state index contributed by atoms with van der Waals surface area (Å²) in [4.78, 5) is 0.0668. The number of nitrogens with two attached hydrogens (primary N) is 1. The van der Waals surface area contributed by atoms with Crippen LogP contribution in [0, 0.1) is 13.8 Å². The first kappa shape index (κ1) is 15.9. The number of aliphatic hydroxyl groups is 1. The van der Waals surface area contributed by atoms with Crippen LogP contribution in [0.15, 0.2) is 17.0 Å². The van der Waals surface area contributed by atoms with Gasteiger partial charge in [-0.05, 0) is 31.0 Å². The van der Waals surface area contributed by atoms with Gasteiger partial charge in [-0.25, -0.2) is 13.1 Å². The molecule has 0 aliphatic carbocycles. The van der Waals surface area contributed by atoms with Crippen molar-refractivity contribution in [2.75, 3.05) is 26.0 Å². The van der Waals surface area contributed by atoms with Gasteiger partial charge in [0.2, 0.25) is 10.0 Å². The van der Waals surface area contributed by atoms with Crippen LogP contribution in [0.5, 0.6) is 0 Å². The molecule has 0 aromatic heterocycles. The van der Waals surface area contributed by atoms with E-state index in [-0.39, 0.29) is 23.7 Å². The van der Waals surface area contributed by atoms with Crippen LogP contribution in [-0.2, 0) is 14.8 Å². The van der Waals surface area contributed by atoms with E-state index in [4.69, 9.17) is 10.5 Å². The van der Waals surface area contributed by atoms with Gasteiger partial charge < -0.3 is 15.6 Å².